The highest BCUT2D eigenvalue weighted by molar-refractivity contribution is 5.74. The van der Waals surface area contributed by atoms with E-state index < -0.39 is 5.97 Å². The van der Waals surface area contributed by atoms with Gasteiger partial charge in [-0.25, -0.2) is 0 Å². The Bertz CT molecular complexity index is 173. The van der Waals surface area contributed by atoms with Crippen LogP contribution in [0, 0.1) is 5.92 Å². The maximum absolute atomic E-state index is 10.7. The highest BCUT2D eigenvalue weighted by Gasteiger charge is 2.38. The maximum atomic E-state index is 10.7. The molecule has 1 aliphatic carbocycles. The van der Waals surface area contributed by atoms with Crippen LogP contribution in [0.25, 0.3) is 0 Å². The summed E-state index contributed by atoms with van der Waals surface area (Å²) in [5.41, 5.74) is 0. The first-order valence-corrected chi connectivity index (χ1v) is 4.26. The van der Waals surface area contributed by atoms with Crippen molar-refractivity contribution in [3.05, 3.63) is 0 Å². The van der Waals surface area contributed by atoms with Crippen molar-refractivity contribution >= 4 is 5.97 Å². The lowest BCUT2D eigenvalue weighted by atomic mass is 9.76. The summed E-state index contributed by atoms with van der Waals surface area (Å²) in [6.07, 6.45) is 4.56. The average Bonchev–Trinajstić information content (AvgIpc) is 2.06. The minimum Gasteiger partial charge on any atom is -0.480 e. The summed E-state index contributed by atoms with van der Waals surface area (Å²) < 4.78 is 0. The van der Waals surface area contributed by atoms with Crippen LogP contribution in [0.2, 0.25) is 0 Å². The summed E-state index contributed by atoms with van der Waals surface area (Å²) >= 11 is 0. The molecule has 11 heavy (non-hydrogen) atoms. The zero-order valence-electron chi connectivity index (χ0n) is 6.42. The van der Waals surface area contributed by atoms with Gasteiger partial charge in [0.2, 0.25) is 0 Å². The zero-order chi connectivity index (χ0) is 7.84. The molecule has 62 valence electrons. The summed E-state index contributed by atoms with van der Waals surface area (Å²) in [6.45, 7) is 0. The number of aliphatic carboxylic acids is 1. The highest BCUT2D eigenvalue weighted by atomic mass is 16.4. The number of carboxylic acids is 1. The van der Waals surface area contributed by atoms with Crippen molar-refractivity contribution in [3.63, 3.8) is 0 Å². The molecule has 0 aromatic carbocycles. The van der Waals surface area contributed by atoms with Gasteiger partial charge in [-0.2, -0.15) is 0 Å². The van der Waals surface area contributed by atoms with Gasteiger partial charge in [0.25, 0.3) is 0 Å². The van der Waals surface area contributed by atoms with Crippen LogP contribution < -0.4 is 5.32 Å². The van der Waals surface area contributed by atoms with Crippen molar-refractivity contribution in [2.75, 3.05) is 0 Å². The third-order valence-corrected chi connectivity index (χ3v) is 2.92. The number of piperidine rings is 2. The zero-order valence-corrected chi connectivity index (χ0v) is 6.42. The Labute approximate surface area is 65.8 Å². The molecule has 2 heterocycles. The lowest BCUT2D eigenvalue weighted by Crippen LogP contribution is -2.55. The van der Waals surface area contributed by atoms with Crippen molar-refractivity contribution in [1.29, 1.82) is 0 Å². The van der Waals surface area contributed by atoms with Gasteiger partial charge in [-0.15, -0.1) is 0 Å². The van der Waals surface area contributed by atoms with Crippen LogP contribution in [0.5, 0.6) is 0 Å². The van der Waals surface area contributed by atoms with Crippen LogP contribution in [-0.4, -0.2) is 23.2 Å². The van der Waals surface area contributed by atoms with E-state index in [9.17, 15) is 4.79 Å². The Morgan fingerprint density at radius 2 is 1.91 bits per heavy atom. The summed E-state index contributed by atoms with van der Waals surface area (Å²) in [7, 11) is 0. The van der Waals surface area contributed by atoms with E-state index in [1.165, 1.54) is 12.8 Å². The summed E-state index contributed by atoms with van der Waals surface area (Å²) in [5.74, 6) is -0.267. The van der Waals surface area contributed by atoms with Gasteiger partial charge in [0.1, 0.15) is 6.04 Å². The van der Waals surface area contributed by atoms with Gasteiger partial charge in [-0.05, 0) is 31.6 Å². The molecule has 1 saturated carbocycles. The number of nitrogens with one attached hydrogen (secondary N) is 1. The van der Waals surface area contributed by atoms with E-state index in [4.69, 9.17) is 5.11 Å². The van der Waals surface area contributed by atoms with Gasteiger partial charge in [0, 0.05) is 6.04 Å². The third kappa shape index (κ3) is 1.13. The Hall–Kier alpha value is -0.570. The van der Waals surface area contributed by atoms with Crippen molar-refractivity contribution < 1.29 is 9.90 Å². The van der Waals surface area contributed by atoms with E-state index >= 15 is 0 Å². The molecule has 3 aliphatic rings. The Balaban J connectivity index is 2.08. The molecule has 1 atom stereocenters. The van der Waals surface area contributed by atoms with Crippen LogP contribution in [0.1, 0.15) is 25.7 Å². The van der Waals surface area contributed by atoms with Gasteiger partial charge in [0.05, 0.1) is 0 Å². The first-order valence-electron chi connectivity index (χ1n) is 4.26. The molecule has 0 radical (unpaired) electrons. The second-order valence-electron chi connectivity index (χ2n) is 3.59. The second kappa shape index (κ2) is 2.48. The topological polar surface area (TPSA) is 49.3 Å². The van der Waals surface area contributed by atoms with Crippen molar-refractivity contribution in [1.82, 2.24) is 5.32 Å². The van der Waals surface area contributed by atoms with E-state index in [0.717, 1.165) is 12.8 Å². The third-order valence-electron chi connectivity index (χ3n) is 2.92. The smallest absolute Gasteiger partial charge is 0.320 e. The molecule has 2 N–H and O–H groups in total. The number of hydrogen-bond acceptors (Lipinski definition) is 2. The molecule has 2 bridgehead atoms. The highest BCUT2D eigenvalue weighted by Crippen LogP contribution is 2.32. The first kappa shape index (κ1) is 7.10. The number of carbonyl (C=O) groups is 1. The molecule has 0 unspecified atom stereocenters. The van der Waals surface area contributed by atoms with E-state index in [1.54, 1.807) is 0 Å². The lowest BCUT2D eigenvalue weighted by Gasteiger charge is -2.41. The minimum absolute atomic E-state index is 0.248. The van der Waals surface area contributed by atoms with Crippen LogP contribution in [0.4, 0.5) is 0 Å². The fourth-order valence-corrected chi connectivity index (χ4v) is 2.28. The van der Waals surface area contributed by atoms with E-state index in [1.807, 2.05) is 0 Å². The molecular formula is C8H13NO2. The molecule has 3 heteroatoms. The Morgan fingerprint density at radius 3 is 2.18 bits per heavy atom. The quantitative estimate of drug-likeness (QED) is 0.583. The Morgan fingerprint density at radius 1 is 1.27 bits per heavy atom. The van der Waals surface area contributed by atoms with Crippen LogP contribution >= 0.6 is 0 Å². The van der Waals surface area contributed by atoms with Crippen molar-refractivity contribution in [2.24, 2.45) is 5.92 Å². The van der Waals surface area contributed by atoms with E-state index in [2.05, 4.69) is 5.32 Å². The normalized spacial score (nSPS) is 42.4. The van der Waals surface area contributed by atoms with Gasteiger partial charge in [0.15, 0.2) is 0 Å². The van der Waals surface area contributed by atoms with Gasteiger partial charge < -0.3 is 10.4 Å². The molecule has 0 amide bonds. The molecule has 3 nitrogen and oxygen atoms in total. The van der Waals surface area contributed by atoms with Crippen molar-refractivity contribution in [3.8, 4) is 0 Å². The standard InChI is InChI=1S/C8H13NO2/c10-8(11)7-5-1-3-6(9-7)4-2-5/h5-7,9H,1-4H2,(H,10,11)/t5?,6?,7-/m0/s1. The lowest BCUT2D eigenvalue weighted by molar-refractivity contribution is -0.143. The molecule has 3 fully saturated rings. The van der Waals surface area contributed by atoms with Gasteiger partial charge >= 0.3 is 5.97 Å². The van der Waals surface area contributed by atoms with E-state index in [0.29, 0.717) is 12.0 Å². The average molecular weight is 155 g/mol. The minimum atomic E-state index is -0.667. The molecule has 3 rings (SSSR count). The second-order valence-corrected chi connectivity index (χ2v) is 3.59. The number of rotatable bonds is 1. The summed E-state index contributed by atoms with van der Waals surface area (Å²) in [6, 6.07) is 0.239. The summed E-state index contributed by atoms with van der Waals surface area (Å²) in [5, 5.41) is 12.0. The molecule has 0 aromatic rings. The predicted molar refractivity (Wildman–Crippen MR) is 40.3 cm³/mol. The molecular weight excluding hydrogens is 142 g/mol. The van der Waals surface area contributed by atoms with Crippen LogP contribution in [0.15, 0.2) is 0 Å². The molecule has 0 spiro atoms. The monoisotopic (exact) mass is 155 g/mol. The van der Waals surface area contributed by atoms with Crippen LogP contribution in [-0.2, 0) is 4.79 Å². The number of carboxylic acid groups (broad SMARTS) is 1. The van der Waals surface area contributed by atoms with Crippen LogP contribution in [0.3, 0.4) is 0 Å². The maximum Gasteiger partial charge on any atom is 0.320 e. The van der Waals surface area contributed by atoms with Crippen molar-refractivity contribution in [2.45, 2.75) is 37.8 Å². The molecule has 2 saturated heterocycles. The SMILES string of the molecule is O=C(O)[C@H]1NC2CCC1CC2. The van der Waals surface area contributed by atoms with E-state index in [-0.39, 0.29) is 6.04 Å². The first-order chi connectivity index (χ1) is 5.27. The predicted octanol–water partition coefficient (Wildman–Crippen LogP) is 0.602. The number of hydrogen-bond donors (Lipinski definition) is 2. The largest absolute Gasteiger partial charge is 0.480 e. The molecule has 0 aromatic heterocycles. The van der Waals surface area contributed by atoms with Gasteiger partial charge in [-0.3, -0.25) is 4.79 Å². The summed E-state index contributed by atoms with van der Waals surface area (Å²) in [4.78, 5) is 10.7. The van der Waals surface area contributed by atoms with Gasteiger partial charge in [-0.1, -0.05) is 0 Å². The fourth-order valence-electron chi connectivity index (χ4n) is 2.28. The Kier molecular flexibility index (Phi) is 1.60. The molecule has 2 aliphatic heterocycles. The number of fused-ring (bicyclic) bond motifs is 3. The fraction of sp³-hybridized carbons (Fsp3) is 0.875.